The normalized spacial score (nSPS) is 17.0. The monoisotopic (exact) mass is 343 g/mol. The fraction of sp³-hybridized carbons (Fsp3) is 0.222. The van der Waals surface area contributed by atoms with Crippen molar-refractivity contribution in [3.05, 3.63) is 59.1 Å². The summed E-state index contributed by atoms with van der Waals surface area (Å²) in [5.41, 5.74) is 2.38. The number of para-hydroxylation sites is 1. The van der Waals surface area contributed by atoms with Crippen molar-refractivity contribution in [3.63, 3.8) is 0 Å². The molecule has 5 nitrogen and oxygen atoms in total. The van der Waals surface area contributed by atoms with Crippen LogP contribution in [-0.2, 0) is 4.79 Å². The molecule has 2 aromatic rings. The molecule has 1 saturated heterocycles. The van der Waals surface area contributed by atoms with E-state index in [4.69, 9.17) is 11.6 Å². The lowest BCUT2D eigenvalue weighted by Crippen LogP contribution is -2.43. The Morgan fingerprint density at radius 1 is 1.21 bits per heavy atom. The summed E-state index contributed by atoms with van der Waals surface area (Å²) in [5, 5.41) is 6.03. The van der Waals surface area contributed by atoms with Crippen molar-refractivity contribution in [1.29, 1.82) is 0 Å². The number of benzene rings is 2. The number of nitrogens with one attached hydrogen (secondary N) is 2. The van der Waals surface area contributed by atoms with Crippen LogP contribution in [0.1, 0.15) is 12.0 Å². The highest BCUT2D eigenvalue weighted by atomic mass is 35.5. The van der Waals surface area contributed by atoms with Crippen LogP contribution in [0.3, 0.4) is 0 Å². The molecule has 0 aromatic heterocycles. The molecule has 2 N–H and O–H groups in total. The molecule has 3 amide bonds. The molecule has 124 valence electrons. The third-order valence-electron chi connectivity index (χ3n) is 4.03. The second-order valence-electron chi connectivity index (χ2n) is 5.72. The van der Waals surface area contributed by atoms with Gasteiger partial charge in [-0.05, 0) is 43.2 Å². The summed E-state index contributed by atoms with van der Waals surface area (Å²) in [4.78, 5) is 26.4. The lowest BCUT2D eigenvalue weighted by atomic mass is 10.2. The smallest absolute Gasteiger partial charge is 0.319 e. The molecule has 1 heterocycles. The van der Waals surface area contributed by atoms with Crippen molar-refractivity contribution >= 4 is 34.9 Å². The highest BCUT2D eigenvalue weighted by Crippen LogP contribution is 2.22. The number of hydrogen-bond donors (Lipinski definition) is 2. The van der Waals surface area contributed by atoms with Gasteiger partial charge >= 0.3 is 6.03 Å². The second-order valence-corrected chi connectivity index (χ2v) is 6.16. The Hall–Kier alpha value is -2.53. The Balaban J connectivity index is 1.63. The standard InChI is InChI=1S/C18H18ClN3O2/c1-12-7-8-13(19)11-16(12)21-18(24)20-15-9-10-22(17(15)23)14-5-3-2-4-6-14/h2-8,11,15H,9-10H2,1H3,(H2,20,21,24). The third-order valence-corrected chi connectivity index (χ3v) is 4.26. The second kappa shape index (κ2) is 6.93. The van der Waals surface area contributed by atoms with Gasteiger partial charge in [0.05, 0.1) is 0 Å². The molecule has 1 unspecified atom stereocenters. The van der Waals surface area contributed by atoms with Crippen LogP contribution in [0.5, 0.6) is 0 Å². The van der Waals surface area contributed by atoms with Crippen LogP contribution in [0.15, 0.2) is 48.5 Å². The first kappa shape index (κ1) is 16.3. The SMILES string of the molecule is Cc1ccc(Cl)cc1NC(=O)NC1CCN(c2ccccc2)C1=O. The van der Waals surface area contributed by atoms with Crippen molar-refractivity contribution in [2.45, 2.75) is 19.4 Å². The predicted octanol–water partition coefficient (Wildman–Crippen LogP) is 3.58. The van der Waals surface area contributed by atoms with Gasteiger partial charge in [0.15, 0.2) is 0 Å². The first-order valence-electron chi connectivity index (χ1n) is 7.74. The molecule has 0 radical (unpaired) electrons. The van der Waals surface area contributed by atoms with Crippen molar-refractivity contribution < 1.29 is 9.59 Å². The lowest BCUT2D eigenvalue weighted by Gasteiger charge is -2.17. The average molecular weight is 344 g/mol. The van der Waals surface area contributed by atoms with Crippen molar-refractivity contribution in [2.24, 2.45) is 0 Å². The number of nitrogens with zero attached hydrogens (tertiary/aromatic N) is 1. The summed E-state index contributed by atoms with van der Waals surface area (Å²) in [6.07, 6.45) is 0.579. The molecule has 1 aliphatic heterocycles. The number of halogens is 1. The van der Waals surface area contributed by atoms with Gasteiger partial charge in [0.1, 0.15) is 6.04 Å². The number of anilines is 2. The van der Waals surface area contributed by atoms with E-state index in [1.165, 1.54) is 0 Å². The molecule has 0 spiro atoms. The minimum absolute atomic E-state index is 0.0980. The lowest BCUT2D eigenvalue weighted by molar-refractivity contribution is -0.118. The van der Waals surface area contributed by atoms with Gasteiger partial charge in [-0.1, -0.05) is 35.9 Å². The van der Waals surface area contributed by atoms with Gasteiger partial charge in [-0.3, -0.25) is 4.79 Å². The maximum atomic E-state index is 12.5. The van der Waals surface area contributed by atoms with E-state index in [9.17, 15) is 9.59 Å². The molecule has 3 rings (SSSR count). The molecule has 0 saturated carbocycles. The predicted molar refractivity (Wildman–Crippen MR) is 95.5 cm³/mol. The minimum atomic E-state index is -0.523. The Morgan fingerprint density at radius 2 is 1.96 bits per heavy atom. The van der Waals surface area contributed by atoms with E-state index >= 15 is 0 Å². The summed E-state index contributed by atoms with van der Waals surface area (Å²) >= 11 is 5.95. The molecule has 1 fully saturated rings. The van der Waals surface area contributed by atoms with E-state index in [2.05, 4.69) is 10.6 Å². The van der Waals surface area contributed by atoms with Crippen LogP contribution in [0, 0.1) is 6.92 Å². The van der Waals surface area contributed by atoms with Crippen LogP contribution in [0.25, 0.3) is 0 Å². The van der Waals surface area contributed by atoms with Gasteiger partial charge in [0.2, 0.25) is 5.91 Å². The topological polar surface area (TPSA) is 61.4 Å². The molecule has 1 aliphatic rings. The summed E-state index contributed by atoms with van der Waals surface area (Å²) < 4.78 is 0. The van der Waals surface area contributed by atoms with Gasteiger partial charge in [-0.2, -0.15) is 0 Å². The Labute approximate surface area is 145 Å². The first-order valence-corrected chi connectivity index (χ1v) is 8.12. The first-order chi connectivity index (χ1) is 11.5. The Bertz CT molecular complexity index is 764. The van der Waals surface area contributed by atoms with E-state index in [1.54, 1.807) is 17.0 Å². The zero-order valence-corrected chi connectivity index (χ0v) is 14.0. The van der Waals surface area contributed by atoms with Crippen molar-refractivity contribution in [2.75, 3.05) is 16.8 Å². The van der Waals surface area contributed by atoms with E-state index in [0.29, 0.717) is 23.7 Å². The van der Waals surface area contributed by atoms with Crippen LogP contribution in [0.2, 0.25) is 5.02 Å². The molecule has 0 bridgehead atoms. The molecule has 0 aliphatic carbocycles. The van der Waals surface area contributed by atoms with Crippen LogP contribution in [-0.4, -0.2) is 24.5 Å². The van der Waals surface area contributed by atoms with E-state index in [-0.39, 0.29) is 5.91 Å². The van der Waals surface area contributed by atoms with Crippen LogP contribution >= 0.6 is 11.6 Å². The number of rotatable bonds is 3. The Kier molecular flexibility index (Phi) is 4.71. The number of amides is 3. The average Bonchev–Trinajstić information content (AvgIpc) is 2.92. The van der Waals surface area contributed by atoms with Crippen LogP contribution in [0.4, 0.5) is 16.2 Å². The summed E-state index contributed by atoms with van der Waals surface area (Å²) in [6, 6.07) is 13.8. The number of urea groups is 1. The number of carbonyl (C=O) groups is 2. The zero-order chi connectivity index (χ0) is 17.1. The van der Waals surface area contributed by atoms with Crippen molar-refractivity contribution in [1.82, 2.24) is 5.32 Å². The van der Waals surface area contributed by atoms with Gasteiger partial charge < -0.3 is 15.5 Å². The minimum Gasteiger partial charge on any atom is -0.326 e. The van der Waals surface area contributed by atoms with Gasteiger partial charge in [0.25, 0.3) is 0 Å². The third kappa shape index (κ3) is 3.51. The quantitative estimate of drug-likeness (QED) is 0.894. The largest absolute Gasteiger partial charge is 0.326 e. The molecular weight excluding hydrogens is 326 g/mol. The maximum Gasteiger partial charge on any atom is 0.319 e. The molecular formula is C18H18ClN3O2. The van der Waals surface area contributed by atoms with Gasteiger partial charge in [-0.15, -0.1) is 0 Å². The fourth-order valence-corrected chi connectivity index (χ4v) is 2.90. The van der Waals surface area contributed by atoms with E-state index in [0.717, 1.165) is 11.3 Å². The summed E-state index contributed by atoms with van der Waals surface area (Å²) in [7, 11) is 0. The Morgan fingerprint density at radius 3 is 2.71 bits per heavy atom. The van der Waals surface area contributed by atoms with Gasteiger partial charge in [0, 0.05) is 22.9 Å². The van der Waals surface area contributed by atoms with Crippen molar-refractivity contribution in [3.8, 4) is 0 Å². The number of carbonyl (C=O) groups excluding carboxylic acids is 2. The summed E-state index contributed by atoms with van der Waals surface area (Å²) in [5.74, 6) is -0.0980. The zero-order valence-electron chi connectivity index (χ0n) is 13.3. The number of aryl methyl sites for hydroxylation is 1. The highest BCUT2D eigenvalue weighted by molar-refractivity contribution is 6.31. The molecule has 24 heavy (non-hydrogen) atoms. The van der Waals surface area contributed by atoms with Gasteiger partial charge in [-0.25, -0.2) is 4.79 Å². The van der Waals surface area contributed by atoms with E-state index < -0.39 is 12.1 Å². The van der Waals surface area contributed by atoms with E-state index in [1.807, 2.05) is 43.3 Å². The highest BCUT2D eigenvalue weighted by Gasteiger charge is 2.33. The van der Waals surface area contributed by atoms with Crippen LogP contribution < -0.4 is 15.5 Å². The maximum absolute atomic E-state index is 12.5. The summed E-state index contributed by atoms with van der Waals surface area (Å²) in [6.45, 7) is 2.47. The fourth-order valence-electron chi connectivity index (χ4n) is 2.72. The molecule has 1 atom stereocenters. The number of hydrogen-bond acceptors (Lipinski definition) is 2. The molecule has 2 aromatic carbocycles. The molecule has 6 heteroatoms.